The van der Waals surface area contributed by atoms with Gasteiger partial charge in [-0.3, -0.25) is 0 Å². The highest BCUT2D eigenvalue weighted by atomic mass is 16.5. The first kappa shape index (κ1) is 14.3. The highest BCUT2D eigenvalue weighted by Crippen LogP contribution is 2.20. The van der Waals surface area contributed by atoms with Crippen LogP contribution in [0.25, 0.3) is 0 Å². The highest BCUT2D eigenvalue weighted by molar-refractivity contribution is 5.31. The van der Waals surface area contributed by atoms with E-state index in [4.69, 9.17) is 4.74 Å². The van der Waals surface area contributed by atoms with Crippen LogP contribution in [0, 0.1) is 0 Å². The molecule has 0 saturated heterocycles. The van der Waals surface area contributed by atoms with Crippen molar-refractivity contribution in [1.29, 1.82) is 0 Å². The molecule has 1 atom stereocenters. The number of phenols is 1. The number of ether oxygens (including phenoxy) is 1. The van der Waals surface area contributed by atoms with E-state index in [9.17, 15) is 10.2 Å². The van der Waals surface area contributed by atoms with Crippen LogP contribution in [-0.4, -0.2) is 35.6 Å². The summed E-state index contributed by atoms with van der Waals surface area (Å²) < 4.78 is 5.65. The molecule has 19 heavy (non-hydrogen) atoms. The maximum absolute atomic E-state index is 9.81. The van der Waals surface area contributed by atoms with Gasteiger partial charge in [0.25, 0.3) is 0 Å². The second-order valence-electron chi connectivity index (χ2n) is 5.15. The van der Waals surface area contributed by atoms with Gasteiger partial charge in [-0.25, -0.2) is 0 Å². The van der Waals surface area contributed by atoms with Gasteiger partial charge in [0.2, 0.25) is 0 Å². The normalized spacial score (nSPS) is 17.7. The van der Waals surface area contributed by atoms with E-state index in [1.807, 2.05) is 12.1 Å². The standard InChI is InChI=1S/C15H23NO3/c17-13(11-19-14-6-2-3-7-14)10-16-9-12-5-1-4-8-15(12)18/h1,4-5,8,13-14,16-18H,2-3,6-7,9-11H2. The average Bonchev–Trinajstić information content (AvgIpc) is 2.92. The van der Waals surface area contributed by atoms with Crippen LogP contribution in [0.15, 0.2) is 24.3 Å². The fourth-order valence-electron chi connectivity index (χ4n) is 2.39. The molecular formula is C15H23NO3. The fraction of sp³-hybridized carbons (Fsp3) is 0.600. The van der Waals surface area contributed by atoms with Crippen molar-refractivity contribution in [1.82, 2.24) is 5.32 Å². The topological polar surface area (TPSA) is 61.7 Å². The Bertz CT molecular complexity index is 377. The molecule has 1 aliphatic rings. The third kappa shape index (κ3) is 4.82. The van der Waals surface area contributed by atoms with Gasteiger partial charge in [0, 0.05) is 18.7 Å². The molecule has 0 bridgehead atoms. The van der Waals surface area contributed by atoms with Crippen LogP contribution < -0.4 is 5.32 Å². The van der Waals surface area contributed by atoms with E-state index in [1.54, 1.807) is 12.1 Å². The van der Waals surface area contributed by atoms with Crippen LogP contribution in [-0.2, 0) is 11.3 Å². The van der Waals surface area contributed by atoms with E-state index < -0.39 is 6.10 Å². The molecule has 1 fully saturated rings. The molecule has 3 N–H and O–H groups in total. The largest absolute Gasteiger partial charge is 0.508 e. The Morgan fingerprint density at radius 2 is 2.00 bits per heavy atom. The average molecular weight is 265 g/mol. The SMILES string of the molecule is Oc1ccccc1CNCC(O)COC1CCCC1. The van der Waals surface area contributed by atoms with Crippen molar-refractivity contribution < 1.29 is 14.9 Å². The van der Waals surface area contributed by atoms with Crippen molar-refractivity contribution in [3.63, 3.8) is 0 Å². The molecule has 0 amide bonds. The lowest BCUT2D eigenvalue weighted by molar-refractivity contribution is -0.00550. The lowest BCUT2D eigenvalue weighted by atomic mass is 10.2. The van der Waals surface area contributed by atoms with Crippen LogP contribution in [0.3, 0.4) is 0 Å². The maximum Gasteiger partial charge on any atom is 0.120 e. The minimum atomic E-state index is -0.494. The second-order valence-corrected chi connectivity index (χ2v) is 5.15. The number of aromatic hydroxyl groups is 1. The van der Waals surface area contributed by atoms with Gasteiger partial charge >= 0.3 is 0 Å². The summed E-state index contributed by atoms with van der Waals surface area (Å²) in [7, 11) is 0. The van der Waals surface area contributed by atoms with Crippen molar-refractivity contribution in [2.75, 3.05) is 13.2 Å². The summed E-state index contributed by atoms with van der Waals surface area (Å²) in [4.78, 5) is 0. The number of para-hydroxylation sites is 1. The summed E-state index contributed by atoms with van der Waals surface area (Å²) in [5.74, 6) is 0.284. The Labute approximate surface area is 114 Å². The third-order valence-corrected chi connectivity index (χ3v) is 3.51. The molecule has 0 spiro atoms. The molecule has 4 heteroatoms. The number of aliphatic hydroxyl groups excluding tert-OH is 1. The summed E-state index contributed by atoms with van der Waals surface area (Å²) in [6, 6.07) is 7.21. The number of hydrogen-bond donors (Lipinski definition) is 3. The molecule has 0 radical (unpaired) electrons. The summed E-state index contributed by atoms with van der Waals surface area (Å²) in [6.07, 6.45) is 4.58. The second kappa shape index (κ2) is 7.48. The minimum absolute atomic E-state index is 0.284. The quantitative estimate of drug-likeness (QED) is 0.703. The minimum Gasteiger partial charge on any atom is -0.508 e. The van der Waals surface area contributed by atoms with Crippen molar-refractivity contribution in [3.8, 4) is 5.75 Å². The van der Waals surface area contributed by atoms with Crippen LogP contribution in [0.5, 0.6) is 5.75 Å². The highest BCUT2D eigenvalue weighted by Gasteiger charge is 2.16. The zero-order chi connectivity index (χ0) is 13.5. The van der Waals surface area contributed by atoms with Crippen LogP contribution in [0.4, 0.5) is 0 Å². The molecule has 0 heterocycles. The lowest BCUT2D eigenvalue weighted by Gasteiger charge is -2.16. The van der Waals surface area contributed by atoms with Gasteiger partial charge in [0.05, 0.1) is 18.8 Å². The van der Waals surface area contributed by atoms with Gasteiger partial charge in [0.15, 0.2) is 0 Å². The summed E-state index contributed by atoms with van der Waals surface area (Å²) in [5.41, 5.74) is 0.839. The number of benzene rings is 1. The fourth-order valence-corrected chi connectivity index (χ4v) is 2.39. The molecular weight excluding hydrogens is 242 g/mol. The first-order chi connectivity index (χ1) is 9.25. The first-order valence-electron chi connectivity index (χ1n) is 7.03. The van der Waals surface area contributed by atoms with Gasteiger partial charge in [-0.1, -0.05) is 31.0 Å². The Kier molecular flexibility index (Phi) is 5.63. The molecule has 2 rings (SSSR count). The zero-order valence-electron chi connectivity index (χ0n) is 11.2. The monoisotopic (exact) mass is 265 g/mol. The molecule has 4 nitrogen and oxygen atoms in total. The molecule has 106 valence electrons. The summed E-state index contributed by atoms with van der Waals surface area (Å²) >= 11 is 0. The van der Waals surface area contributed by atoms with Crippen molar-refractivity contribution in [2.45, 2.75) is 44.4 Å². The molecule has 1 unspecified atom stereocenters. The number of hydrogen-bond acceptors (Lipinski definition) is 4. The van der Waals surface area contributed by atoms with Crippen LogP contribution >= 0.6 is 0 Å². The Morgan fingerprint density at radius 3 is 2.74 bits per heavy atom. The van der Waals surface area contributed by atoms with Gasteiger partial charge in [-0.2, -0.15) is 0 Å². The van der Waals surface area contributed by atoms with Crippen LogP contribution in [0.2, 0.25) is 0 Å². The maximum atomic E-state index is 9.81. The van der Waals surface area contributed by atoms with Gasteiger partial charge in [-0.05, 0) is 18.9 Å². The van der Waals surface area contributed by atoms with Gasteiger partial charge < -0.3 is 20.3 Å². The Morgan fingerprint density at radius 1 is 1.26 bits per heavy atom. The molecule has 0 aliphatic heterocycles. The molecule has 1 aromatic rings. The van der Waals surface area contributed by atoms with E-state index in [1.165, 1.54) is 12.8 Å². The number of nitrogens with one attached hydrogen (secondary N) is 1. The lowest BCUT2D eigenvalue weighted by Crippen LogP contribution is -2.31. The predicted molar refractivity (Wildman–Crippen MR) is 74.0 cm³/mol. The number of rotatable bonds is 7. The number of aliphatic hydroxyl groups is 1. The van der Waals surface area contributed by atoms with E-state index in [0.29, 0.717) is 25.8 Å². The molecule has 1 aromatic carbocycles. The molecule has 1 aliphatic carbocycles. The van der Waals surface area contributed by atoms with Crippen molar-refractivity contribution in [3.05, 3.63) is 29.8 Å². The molecule has 1 saturated carbocycles. The Hall–Kier alpha value is -1.10. The zero-order valence-corrected chi connectivity index (χ0v) is 11.2. The van der Waals surface area contributed by atoms with Crippen molar-refractivity contribution >= 4 is 0 Å². The third-order valence-electron chi connectivity index (χ3n) is 3.51. The summed E-state index contributed by atoms with van der Waals surface area (Å²) in [6.45, 7) is 1.41. The van der Waals surface area contributed by atoms with Gasteiger partial charge in [-0.15, -0.1) is 0 Å². The smallest absolute Gasteiger partial charge is 0.120 e. The van der Waals surface area contributed by atoms with E-state index in [-0.39, 0.29) is 5.75 Å². The first-order valence-corrected chi connectivity index (χ1v) is 7.03. The van der Waals surface area contributed by atoms with E-state index in [2.05, 4.69) is 5.32 Å². The Balaban J connectivity index is 1.61. The van der Waals surface area contributed by atoms with E-state index in [0.717, 1.165) is 18.4 Å². The van der Waals surface area contributed by atoms with E-state index >= 15 is 0 Å². The predicted octanol–water partition coefficient (Wildman–Crippen LogP) is 1.80. The van der Waals surface area contributed by atoms with Crippen molar-refractivity contribution in [2.24, 2.45) is 0 Å². The number of phenolic OH excluding ortho intramolecular Hbond substituents is 1. The van der Waals surface area contributed by atoms with Gasteiger partial charge in [0.1, 0.15) is 5.75 Å². The molecule has 0 aromatic heterocycles. The summed E-state index contributed by atoms with van der Waals surface area (Å²) in [5, 5.41) is 22.5. The van der Waals surface area contributed by atoms with Crippen LogP contribution in [0.1, 0.15) is 31.2 Å².